The van der Waals surface area contributed by atoms with Gasteiger partial charge in [0.15, 0.2) is 11.8 Å². The molecule has 0 radical (unpaired) electrons. The van der Waals surface area contributed by atoms with E-state index < -0.39 is 0 Å². The highest BCUT2D eigenvalue weighted by Gasteiger charge is 2.09. The number of aryl methyl sites for hydroxylation is 1. The minimum absolute atomic E-state index is 0.309. The zero-order valence-corrected chi connectivity index (χ0v) is 13.2. The lowest BCUT2D eigenvalue weighted by atomic mass is 10.2. The van der Waals surface area contributed by atoms with Crippen LogP contribution in [0.5, 0.6) is 0 Å². The maximum atomic E-state index is 5.21. The van der Waals surface area contributed by atoms with Gasteiger partial charge in [-0.05, 0) is 19.8 Å². The molecule has 1 rings (SSSR count). The number of hydrogen-bond acceptors (Lipinski definition) is 4. The minimum atomic E-state index is 0.309. The van der Waals surface area contributed by atoms with Gasteiger partial charge in [0, 0.05) is 32.0 Å². The molecule has 6 heteroatoms. The first-order valence-corrected chi connectivity index (χ1v) is 7.36. The highest BCUT2D eigenvalue weighted by molar-refractivity contribution is 5.79. The minimum Gasteiger partial charge on any atom is -0.356 e. The van der Waals surface area contributed by atoms with E-state index in [2.05, 4.69) is 53.5 Å². The average Bonchev–Trinajstić information content (AvgIpc) is 2.90. The average molecular weight is 281 g/mol. The van der Waals surface area contributed by atoms with E-state index in [0.29, 0.717) is 17.9 Å². The highest BCUT2D eigenvalue weighted by atomic mass is 16.5. The van der Waals surface area contributed by atoms with E-state index in [1.807, 2.05) is 0 Å². The molecular formula is C14H27N5O. The van der Waals surface area contributed by atoms with Crippen LogP contribution in [0.1, 0.15) is 58.2 Å². The van der Waals surface area contributed by atoms with Crippen molar-refractivity contribution >= 4 is 5.96 Å². The van der Waals surface area contributed by atoms with Gasteiger partial charge >= 0.3 is 0 Å². The van der Waals surface area contributed by atoms with Crippen LogP contribution in [0.2, 0.25) is 0 Å². The monoisotopic (exact) mass is 281 g/mol. The van der Waals surface area contributed by atoms with Crippen LogP contribution in [0.15, 0.2) is 9.52 Å². The van der Waals surface area contributed by atoms with Crippen molar-refractivity contribution in [2.75, 3.05) is 13.6 Å². The summed E-state index contributed by atoms with van der Waals surface area (Å²) in [6.45, 7) is 9.22. The summed E-state index contributed by atoms with van der Waals surface area (Å²) in [5, 5.41) is 10.6. The summed E-state index contributed by atoms with van der Waals surface area (Å²) in [5.74, 6) is 2.64. The summed E-state index contributed by atoms with van der Waals surface area (Å²) in [7, 11) is 1.78. The Balaban J connectivity index is 2.26. The van der Waals surface area contributed by atoms with Gasteiger partial charge in [0.25, 0.3) is 0 Å². The normalized spacial score (nSPS) is 13.6. The van der Waals surface area contributed by atoms with Gasteiger partial charge in [0.05, 0.1) is 0 Å². The lowest BCUT2D eigenvalue weighted by Crippen LogP contribution is -2.42. The number of nitrogens with one attached hydrogen (secondary N) is 2. The van der Waals surface area contributed by atoms with Gasteiger partial charge in [-0.15, -0.1) is 0 Å². The summed E-state index contributed by atoms with van der Waals surface area (Å²) < 4.78 is 5.21. The smallest absolute Gasteiger partial charge is 0.226 e. The van der Waals surface area contributed by atoms with Crippen molar-refractivity contribution in [2.45, 2.75) is 58.9 Å². The maximum Gasteiger partial charge on any atom is 0.226 e. The molecule has 0 spiro atoms. The molecule has 0 amide bonds. The summed E-state index contributed by atoms with van der Waals surface area (Å²) in [6, 6.07) is 0.422. The Bertz CT molecular complexity index is 413. The van der Waals surface area contributed by atoms with Gasteiger partial charge in [-0.3, -0.25) is 4.99 Å². The van der Waals surface area contributed by atoms with Crippen molar-refractivity contribution in [1.29, 1.82) is 0 Å². The van der Waals surface area contributed by atoms with Crippen LogP contribution in [-0.4, -0.2) is 35.7 Å². The SMILES string of the molecule is CCC(C)NC(=NC)NCCCc1nc(C(C)C)no1. The Morgan fingerprint density at radius 1 is 1.35 bits per heavy atom. The van der Waals surface area contributed by atoms with Gasteiger partial charge in [-0.1, -0.05) is 25.9 Å². The standard InChI is InChI=1S/C14H27N5O/c1-6-11(4)17-14(15-5)16-9-7-8-12-18-13(10(2)3)19-20-12/h10-11H,6-9H2,1-5H3,(H2,15,16,17). The van der Waals surface area contributed by atoms with E-state index in [1.165, 1.54) is 0 Å². The fourth-order valence-corrected chi connectivity index (χ4v) is 1.58. The van der Waals surface area contributed by atoms with Crippen LogP contribution in [0.25, 0.3) is 0 Å². The van der Waals surface area contributed by atoms with E-state index in [-0.39, 0.29) is 0 Å². The molecule has 1 aromatic heterocycles. The van der Waals surface area contributed by atoms with Crippen molar-refractivity contribution in [2.24, 2.45) is 4.99 Å². The van der Waals surface area contributed by atoms with E-state index in [0.717, 1.165) is 37.6 Å². The van der Waals surface area contributed by atoms with Crippen molar-refractivity contribution in [1.82, 2.24) is 20.8 Å². The fourth-order valence-electron chi connectivity index (χ4n) is 1.58. The lowest BCUT2D eigenvalue weighted by molar-refractivity contribution is 0.368. The van der Waals surface area contributed by atoms with E-state index >= 15 is 0 Å². The lowest BCUT2D eigenvalue weighted by Gasteiger charge is -2.16. The first kappa shape index (κ1) is 16.5. The maximum absolute atomic E-state index is 5.21. The Hall–Kier alpha value is -1.59. The predicted molar refractivity (Wildman–Crippen MR) is 81.0 cm³/mol. The molecule has 20 heavy (non-hydrogen) atoms. The molecule has 1 aromatic rings. The first-order valence-electron chi connectivity index (χ1n) is 7.36. The molecule has 0 bridgehead atoms. The number of aliphatic imine (C=N–C) groups is 1. The second kappa shape index (κ2) is 8.55. The Kier molecular flexibility index (Phi) is 7.04. The summed E-state index contributed by atoms with van der Waals surface area (Å²) in [4.78, 5) is 8.55. The van der Waals surface area contributed by atoms with Crippen LogP contribution in [0.3, 0.4) is 0 Å². The molecule has 6 nitrogen and oxygen atoms in total. The van der Waals surface area contributed by atoms with E-state index in [1.54, 1.807) is 7.05 Å². The number of nitrogens with zero attached hydrogens (tertiary/aromatic N) is 3. The predicted octanol–water partition coefficient (Wildman–Crippen LogP) is 2.09. The molecule has 0 saturated carbocycles. The molecule has 0 aromatic carbocycles. The van der Waals surface area contributed by atoms with Crippen LogP contribution in [0.4, 0.5) is 0 Å². The largest absolute Gasteiger partial charge is 0.356 e. The molecule has 114 valence electrons. The van der Waals surface area contributed by atoms with Crippen LogP contribution < -0.4 is 10.6 Å². The summed E-state index contributed by atoms with van der Waals surface area (Å²) >= 11 is 0. The molecular weight excluding hydrogens is 254 g/mol. The quantitative estimate of drug-likeness (QED) is 0.455. The molecule has 0 aliphatic rings. The first-order chi connectivity index (χ1) is 9.56. The topological polar surface area (TPSA) is 75.3 Å². The molecule has 0 aliphatic heterocycles. The zero-order chi connectivity index (χ0) is 15.0. The van der Waals surface area contributed by atoms with Crippen molar-refractivity contribution in [3.8, 4) is 0 Å². The number of hydrogen-bond donors (Lipinski definition) is 2. The van der Waals surface area contributed by atoms with Gasteiger partial charge < -0.3 is 15.2 Å². The van der Waals surface area contributed by atoms with E-state index in [4.69, 9.17) is 4.52 Å². The molecule has 1 heterocycles. The zero-order valence-electron chi connectivity index (χ0n) is 13.2. The number of rotatable bonds is 7. The van der Waals surface area contributed by atoms with Gasteiger partial charge in [-0.25, -0.2) is 0 Å². The molecule has 0 aliphatic carbocycles. The Morgan fingerprint density at radius 3 is 2.65 bits per heavy atom. The second-order valence-corrected chi connectivity index (χ2v) is 5.26. The molecule has 2 N–H and O–H groups in total. The van der Waals surface area contributed by atoms with Crippen LogP contribution in [-0.2, 0) is 6.42 Å². The number of guanidine groups is 1. The third kappa shape index (κ3) is 5.59. The third-order valence-corrected chi connectivity index (χ3v) is 3.08. The van der Waals surface area contributed by atoms with Crippen molar-refractivity contribution in [3.05, 3.63) is 11.7 Å². The van der Waals surface area contributed by atoms with Gasteiger partial charge in [-0.2, -0.15) is 4.98 Å². The van der Waals surface area contributed by atoms with Crippen molar-refractivity contribution in [3.63, 3.8) is 0 Å². The van der Waals surface area contributed by atoms with E-state index in [9.17, 15) is 0 Å². The van der Waals surface area contributed by atoms with Gasteiger partial charge in [0.1, 0.15) is 0 Å². The highest BCUT2D eigenvalue weighted by Crippen LogP contribution is 2.10. The summed E-state index contributed by atoms with van der Waals surface area (Å²) in [6.07, 6.45) is 2.79. The van der Waals surface area contributed by atoms with Crippen molar-refractivity contribution < 1.29 is 4.52 Å². The van der Waals surface area contributed by atoms with Crippen LogP contribution >= 0.6 is 0 Å². The molecule has 1 atom stereocenters. The Labute approximate surface area is 121 Å². The van der Waals surface area contributed by atoms with Crippen LogP contribution in [0, 0.1) is 0 Å². The fraction of sp³-hybridized carbons (Fsp3) is 0.786. The third-order valence-electron chi connectivity index (χ3n) is 3.08. The molecule has 1 unspecified atom stereocenters. The second-order valence-electron chi connectivity index (χ2n) is 5.26. The summed E-state index contributed by atoms with van der Waals surface area (Å²) in [5.41, 5.74) is 0. The molecule has 0 saturated heterocycles. The molecule has 0 fully saturated rings. The Morgan fingerprint density at radius 2 is 2.10 bits per heavy atom. The van der Waals surface area contributed by atoms with Gasteiger partial charge in [0.2, 0.25) is 5.89 Å². The number of aromatic nitrogens is 2.